The monoisotopic (exact) mass is 369 g/mol. The number of nitrogens with zero attached hydrogens (tertiary/aromatic N) is 1. The zero-order valence-corrected chi connectivity index (χ0v) is 14.1. The van der Waals surface area contributed by atoms with Gasteiger partial charge in [-0.2, -0.15) is 0 Å². The van der Waals surface area contributed by atoms with Crippen LogP contribution in [0.15, 0.2) is 42.5 Å². The number of ether oxygens (including phenoxy) is 2. The van der Waals surface area contributed by atoms with E-state index >= 15 is 0 Å². The largest absolute Gasteiger partial charge is 0.477 e. The van der Waals surface area contributed by atoms with E-state index in [0.29, 0.717) is 16.3 Å². The van der Waals surface area contributed by atoms with Crippen LogP contribution < -0.4 is 4.74 Å². The number of carbonyl (C=O) groups excluding carboxylic acids is 1. The zero-order valence-electron chi connectivity index (χ0n) is 12.6. The van der Waals surface area contributed by atoms with E-state index in [9.17, 15) is 14.9 Å². The molecule has 2 aromatic carbocycles. The van der Waals surface area contributed by atoms with E-state index in [1.807, 2.05) is 0 Å². The Morgan fingerprint density at radius 2 is 1.88 bits per heavy atom. The molecule has 0 aliphatic carbocycles. The summed E-state index contributed by atoms with van der Waals surface area (Å²) in [7, 11) is 0. The lowest BCUT2D eigenvalue weighted by Crippen LogP contribution is -2.26. The normalized spacial score (nSPS) is 11.6. The number of nitro benzene ring substituents is 1. The molecular formula is C16H13Cl2NO5. The van der Waals surface area contributed by atoms with Crippen molar-refractivity contribution in [1.29, 1.82) is 0 Å². The maximum absolute atomic E-state index is 11.9. The second kappa shape index (κ2) is 7.99. The molecule has 0 aliphatic heterocycles. The van der Waals surface area contributed by atoms with Crippen molar-refractivity contribution in [3.63, 3.8) is 0 Å². The molecule has 0 aromatic heterocycles. The fraction of sp³-hybridized carbons (Fsp3) is 0.188. The molecule has 2 rings (SSSR count). The van der Waals surface area contributed by atoms with Crippen molar-refractivity contribution in [3.05, 3.63) is 68.2 Å². The van der Waals surface area contributed by atoms with E-state index in [-0.39, 0.29) is 17.3 Å². The van der Waals surface area contributed by atoms with Crippen molar-refractivity contribution in [1.82, 2.24) is 0 Å². The van der Waals surface area contributed by atoms with Crippen molar-refractivity contribution < 1.29 is 19.2 Å². The van der Waals surface area contributed by atoms with Gasteiger partial charge in [-0.05, 0) is 42.8 Å². The summed E-state index contributed by atoms with van der Waals surface area (Å²) in [5.41, 5.74) is 0.602. The molecule has 0 radical (unpaired) electrons. The molecule has 1 atom stereocenters. The summed E-state index contributed by atoms with van der Waals surface area (Å²) in [6, 6.07) is 10.4. The van der Waals surface area contributed by atoms with Gasteiger partial charge < -0.3 is 9.47 Å². The van der Waals surface area contributed by atoms with Crippen molar-refractivity contribution in [2.45, 2.75) is 19.6 Å². The quantitative estimate of drug-likeness (QED) is 0.428. The summed E-state index contributed by atoms with van der Waals surface area (Å²) in [4.78, 5) is 22.0. The Balaban J connectivity index is 1.90. The average Bonchev–Trinajstić information content (AvgIpc) is 2.55. The molecule has 8 heteroatoms. The van der Waals surface area contributed by atoms with Gasteiger partial charge in [0, 0.05) is 17.2 Å². The van der Waals surface area contributed by atoms with Crippen LogP contribution in [-0.4, -0.2) is 17.0 Å². The molecule has 2 aromatic rings. The zero-order chi connectivity index (χ0) is 17.7. The average molecular weight is 370 g/mol. The molecule has 24 heavy (non-hydrogen) atoms. The van der Waals surface area contributed by atoms with Crippen LogP contribution in [-0.2, 0) is 16.1 Å². The van der Waals surface area contributed by atoms with E-state index in [1.54, 1.807) is 12.1 Å². The molecule has 0 saturated carbocycles. The highest BCUT2D eigenvalue weighted by molar-refractivity contribution is 6.35. The van der Waals surface area contributed by atoms with Crippen LogP contribution in [0.2, 0.25) is 10.0 Å². The number of halogens is 2. The van der Waals surface area contributed by atoms with Gasteiger partial charge >= 0.3 is 5.97 Å². The second-order valence-electron chi connectivity index (χ2n) is 4.87. The van der Waals surface area contributed by atoms with Crippen LogP contribution in [0, 0.1) is 10.1 Å². The standard InChI is InChI=1S/C16H13Cl2NO5/c1-10(24-15-7-4-12(17)8-14(15)18)16(20)23-9-11-2-5-13(6-3-11)19(21)22/h2-8,10H,9H2,1H3/t10-/m1/s1. The van der Waals surface area contributed by atoms with Gasteiger partial charge in [0.25, 0.3) is 5.69 Å². The molecule has 0 amide bonds. The van der Waals surface area contributed by atoms with Gasteiger partial charge in [-0.3, -0.25) is 10.1 Å². The molecule has 6 nitrogen and oxygen atoms in total. The van der Waals surface area contributed by atoms with E-state index in [2.05, 4.69) is 0 Å². The van der Waals surface area contributed by atoms with Crippen molar-refractivity contribution >= 4 is 34.9 Å². The van der Waals surface area contributed by atoms with Crippen LogP contribution in [0.3, 0.4) is 0 Å². The van der Waals surface area contributed by atoms with Gasteiger partial charge in [0.15, 0.2) is 6.10 Å². The summed E-state index contributed by atoms with van der Waals surface area (Å²) in [5.74, 6) is -0.264. The number of hydrogen-bond donors (Lipinski definition) is 0. The lowest BCUT2D eigenvalue weighted by Gasteiger charge is -2.15. The molecule has 0 spiro atoms. The van der Waals surface area contributed by atoms with E-state index in [4.69, 9.17) is 32.7 Å². The first kappa shape index (κ1) is 18.0. The number of non-ortho nitro benzene ring substituents is 1. The maximum atomic E-state index is 11.9. The fourth-order valence-electron chi connectivity index (χ4n) is 1.80. The number of nitro groups is 1. The topological polar surface area (TPSA) is 78.7 Å². The van der Waals surface area contributed by atoms with Gasteiger partial charge in [-0.15, -0.1) is 0 Å². The predicted molar refractivity (Wildman–Crippen MR) is 89.4 cm³/mol. The van der Waals surface area contributed by atoms with Gasteiger partial charge in [0.1, 0.15) is 12.4 Å². The van der Waals surface area contributed by atoms with Crippen LogP contribution >= 0.6 is 23.2 Å². The van der Waals surface area contributed by atoms with Crippen LogP contribution in [0.5, 0.6) is 5.75 Å². The lowest BCUT2D eigenvalue weighted by atomic mass is 10.2. The third kappa shape index (κ3) is 4.84. The summed E-state index contributed by atoms with van der Waals surface area (Å²) >= 11 is 11.8. The van der Waals surface area contributed by atoms with E-state index in [0.717, 1.165) is 0 Å². The molecule has 0 heterocycles. The number of esters is 1. The van der Waals surface area contributed by atoms with Crippen molar-refractivity contribution in [3.8, 4) is 5.75 Å². The van der Waals surface area contributed by atoms with Crippen LogP contribution in [0.1, 0.15) is 12.5 Å². The third-order valence-electron chi connectivity index (χ3n) is 3.06. The Kier molecular flexibility index (Phi) is 6.00. The van der Waals surface area contributed by atoms with Crippen LogP contribution in [0.25, 0.3) is 0 Å². The Hall–Kier alpha value is -2.31. The van der Waals surface area contributed by atoms with E-state index < -0.39 is 17.0 Å². The Bertz CT molecular complexity index is 749. The molecule has 0 bridgehead atoms. The predicted octanol–water partition coefficient (Wildman–Crippen LogP) is 4.41. The van der Waals surface area contributed by atoms with E-state index in [1.165, 1.54) is 37.3 Å². The molecule has 0 fully saturated rings. The third-order valence-corrected chi connectivity index (χ3v) is 3.59. The molecule has 0 unspecified atom stereocenters. The van der Waals surface area contributed by atoms with Crippen molar-refractivity contribution in [2.24, 2.45) is 0 Å². The fourth-order valence-corrected chi connectivity index (χ4v) is 2.25. The Labute approximate surface area is 148 Å². The Morgan fingerprint density at radius 1 is 1.21 bits per heavy atom. The molecular weight excluding hydrogens is 357 g/mol. The summed E-state index contributed by atoms with van der Waals surface area (Å²) < 4.78 is 10.6. The van der Waals surface area contributed by atoms with Crippen LogP contribution in [0.4, 0.5) is 5.69 Å². The molecule has 126 valence electrons. The lowest BCUT2D eigenvalue weighted by molar-refractivity contribution is -0.384. The number of carbonyl (C=O) groups is 1. The number of benzene rings is 2. The number of hydrogen-bond acceptors (Lipinski definition) is 5. The van der Waals surface area contributed by atoms with Gasteiger partial charge in [0.05, 0.1) is 9.95 Å². The smallest absolute Gasteiger partial charge is 0.347 e. The summed E-state index contributed by atoms with van der Waals surface area (Å²) in [5, 5.41) is 11.3. The second-order valence-corrected chi connectivity index (χ2v) is 5.71. The molecule has 0 aliphatic rings. The highest BCUT2D eigenvalue weighted by Crippen LogP contribution is 2.28. The maximum Gasteiger partial charge on any atom is 0.347 e. The van der Waals surface area contributed by atoms with Crippen molar-refractivity contribution in [2.75, 3.05) is 0 Å². The summed E-state index contributed by atoms with van der Waals surface area (Å²) in [6.45, 7) is 1.52. The number of rotatable bonds is 6. The first-order valence-corrected chi connectivity index (χ1v) is 7.64. The van der Waals surface area contributed by atoms with Gasteiger partial charge in [-0.1, -0.05) is 23.2 Å². The minimum Gasteiger partial charge on any atom is -0.477 e. The minimum atomic E-state index is -0.873. The molecule has 0 saturated heterocycles. The highest BCUT2D eigenvalue weighted by atomic mass is 35.5. The first-order chi connectivity index (χ1) is 11.4. The Morgan fingerprint density at radius 3 is 2.46 bits per heavy atom. The van der Waals surface area contributed by atoms with Gasteiger partial charge in [-0.25, -0.2) is 4.79 Å². The minimum absolute atomic E-state index is 0.0150. The SMILES string of the molecule is C[C@@H](Oc1ccc(Cl)cc1Cl)C(=O)OCc1ccc([N+](=O)[O-])cc1. The van der Waals surface area contributed by atoms with Gasteiger partial charge in [0.2, 0.25) is 0 Å². The summed E-state index contributed by atoms with van der Waals surface area (Å²) in [6.07, 6.45) is -0.873. The first-order valence-electron chi connectivity index (χ1n) is 6.88. The molecule has 0 N–H and O–H groups in total. The highest BCUT2D eigenvalue weighted by Gasteiger charge is 2.18.